The van der Waals surface area contributed by atoms with Crippen LogP contribution in [0.4, 0.5) is 4.39 Å². The number of hydrogen-bond acceptors (Lipinski definition) is 2. The molecule has 0 bridgehead atoms. The van der Waals surface area contributed by atoms with Gasteiger partial charge in [0.05, 0.1) is 11.6 Å². The highest BCUT2D eigenvalue weighted by molar-refractivity contribution is 5.33. The molecule has 1 fully saturated rings. The number of benzene rings is 1. The van der Waals surface area contributed by atoms with Gasteiger partial charge in [-0.15, -0.1) is 0 Å². The van der Waals surface area contributed by atoms with Crippen LogP contribution in [-0.4, -0.2) is 18.0 Å². The summed E-state index contributed by atoms with van der Waals surface area (Å²) in [6.45, 7) is 7.46. The molecule has 1 heterocycles. The summed E-state index contributed by atoms with van der Waals surface area (Å²) >= 11 is 0. The molecular weight excluding hydrogens is 239 g/mol. The highest BCUT2D eigenvalue weighted by Gasteiger charge is 2.21. The molecular formula is C16H21FN2. The summed E-state index contributed by atoms with van der Waals surface area (Å²) in [5, 5.41) is 8.86. The van der Waals surface area contributed by atoms with Gasteiger partial charge in [-0.05, 0) is 61.5 Å². The van der Waals surface area contributed by atoms with Crippen LogP contribution in [0.5, 0.6) is 0 Å². The van der Waals surface area contributed by atoms with Crippen molar-refractivity contribution in [2.75, 3.05) is 13.1 Å². The van der Waals surface area contributed by atoms with Gasteiger partial charge < -0.3 is 0 Å². The largest absolute Gasteiger partial charge is 0.299 e. The second-order valence-corrected chi connectivity index (χ2v) is 5.82. The monoisotopic (exact) mass is 260 g/mol. The maximum Gasteiger partial charge on any atom is 0.124 e. The van der Waals surface area contributed by atoms with Crippen molar-refractivity contribution < 1.29 is 4.39 Å². The Morgan fingerprint density at radius 2 is 2.00 bits per heavy atom. The van der Waals surface area contributed by atoms with Gasteiger partial charge in [0.1, 0.15) is 5.82 Å². The normalized spacial score (nSPS) is 17.6. The smallest absolute Gasteiger partial charge is 0.124 e. The van der Waals surface area contributed by atoms with E-state index in [0.29, 0.717) is 5.56 Å². The van der Waals surface area contributed by atoms with Crippen LogP contribution in [0.3, 0.4) is 0 Å². The van der Waals surface area contributed by atoms with Crippen LogP contribution in [0.15, 0.2) is 18.2 Å². The van der Waals surface area contributed by atoms with Crippen molar-refractivity contribution in [2.45, 2.75) is 33.2 Å². The van der Waals surface area contributed by atoms with Gasteiger partial charge in [-0.1, -0.05) is 13.8 Å². The van der Waals surface area contributed by atoms with Crippen molar-refractivity contribution in [3.05, 3.63) is 35.1 Å². The Kier molecular flexibility index (Phi) is 4.55. The lowest BCUT2D eigenvalue weighted by atomic mass is 9.86. The van der Waals surface area contributed by atoms with E-state index in [-0.39, 0.29) is 5.82 Å². The van der Waals surface area contributed by atoms with Gasteiger partial charge in [0.2, 0.25) is 0 Å². The molecule has 1 aliphatic rings. The number of rotatable bonds is 3. The molecule has 0 aliphatic carbocycles. The molecule has 2 rings (SSSR count). The molecule has 0 N–H and O–H groups in total. The Morgan fingerprint density at radius 3 is 2.58 bits per heavy atom. The fourth-order valence-electron chi connectivity index (χ4n) is 2.84. The minimum atomic E-state index is -0.314. The first kappa shape index (κ1) is 14.0. The average molecular weight is 260 g/mol. The van der Waals surface area contributed by atoms with Crippen LogP contribution in [0, 0.1) is 29.0 Å². The van der Waals surface area contributed by atoms with Crippen molar-refractivity contribution in [3.8, 4) is 6.07 Å². The predicted octanol–water partition coefficient (Wildman–Crippen LogP) is 3.57. The van der Waals surface area contributed by atoms with Gasteiger partial charge in [-0.25, -0.2) is 4.39 Å². The molecule has 0 amide bonds. The lowest BCUT2D eigenvalue weighted by Crippen LogP contribution is -2.34. The summed E-state index contributed by atoms with van der Waals surface area (Å²) in [6, 6.07) is 6.62. The SMILES string of the molecule is CC(C)C1CCN(Cc2cc(F)cc(C#N)c2)CC1. The fourth-order valence-corrected chi connectivity index (χ4v) is 2.84. The standard InChI is InChI=1S/C16H21FN2/c1-12(2)15-3-5-19(6-4-15)11-14-7-13(10-18)8-16(17)9-14/h7-9,12,15H,3-6,11H2,1-2H3. The lowest BCUT2D eigenvalue weighted by molar-refractivity contribution is 0.152. The van der Waals surface area contributed by atoms with E-state index in [9.17, 15) is 4.39 Å². The summed E-state index contributed by atoms with van der Waals surface area (Å²) in [5.74, 6) is 1.26. The van der Waals surface area contributed by atoms with E-state index in [0.717, 1.165) is 37.0 Å². The van der Waals surface area contributed by atoms with Crippen LogP contribution in [0.2, 0.25) is 0 Å². The lowest BCUT2D eigenvalue weighted by Gasteiger charge is -2.33. The molecule has 0 saturated carbocycles. The third kappa shape index (κ3) is 3.78. The van der Waals surface area contributed by atoms with Gasteiger partial charge in [0, 0.05) is 6.54 Å². The topological polar surface area (TPSA) is 27.0 Å². The van der Waals surface area contributed by atoms with Crippen molar-refractivity contribution in [1.29, 1.82) is 5.26 Å². The maximum absolute atomic E-state index is 13.4. The molecule has 0 atom stereocenters. The fraction of sp³-hybridized carbons (Fsp3) is 0.562. The second-order valence-electron chi connectivity index (χ2n) is 5.82. The van der Waals surface area contributed by atoms with E-state index < -0.39 is 0 Å². The van der Waals surface area contributed by atoms with Crippen LogP contribution < -0.4 is 0 Å². The predicted molar refractivity (Wildman–Crippen MR) is 74.0 cm³/mol. The summed E-state index contributed by atoms with van der Waals surface area (Å²) < 4.78 is 13.4. The zero-order valence-corrected chi connectivity index (χ0v) is 11.7. The van der Waals surface area contributed by atoms with Gasteiger partial charge in [0.15, 0.2) is 0 Å². The number of hydrogen-bond donors (Lipinski definition) is 0. The van der Waals surface area contributed by atoms with Crippen molar-refractivity contribution in [3.63, 3.8) is 0 Å². The molecule has 0 aromatic heterocycles. The zero-order valence-electron chi connectivity index (χ0n) is 11.7. The van der Waals surface area contributed by atoms with Crippen molar-refractivity contribution in [2.24, 2.45) is 11.8 Å². The van der Waals surface area contributed by atoms with E-state index in [1.807, 2.05) is 6.07 Å². The molecule has 0 unspecified atom stereocenters. The first-order chi connectivity index (χ1) is 9.08. The zero-order chi connectivity index (χ0) is 13.8. The van der Waals surface area contributed by atoms with Crippen LogP contribution >= 0.6 is 0 Å². The summed E-state index contributed by atoms with van der Waals surface area (Å²) in [4.78, 5) is 2.36. The molecule has 102 valence electrons. The summed E-state index contributed by atoms with van der Waals surface area (Å²) in [7, 11) is 0. The van der Waals surface area contributed by atoms with Crippen LogP contribution in [-0.2, 0) is 6.54 Å². The molecule has 1 saturated heterocycles. The first-order valence-corrected chi connectivity index (χ1v) is 7.00. The van der Waals surface area contributed by atoms with Gasteiger partial charge in [-0.3, -0.25) is 4.90 Å². The van der Waals surface area contributed by atoms with Crippen molar-refractivity contribution in [1.82, 2.24) is 4.90 Å². The van der Waals surface area contributed by atoms with Crippen molar-refractivity contribution >= 4 is 0 Å². The number of piperidine rings is 1. The maximum atomic E-state index is 13.4. The number of likely N-dealkylation sites (tertiary alicyclic amines) is 1. The quantitative estimate of drug-likeness (QED) is 0.830. The van der Waals surface area contributed by atoms with E-state index in [1.165, 1.54) is 25.0 Å². The molecule has 0 spiro atoms. The highest BCUT2D eigenvalue weighted by Crippen LogP contribution is 2.25. The Balaban J connectivity index is 1.96. The molecule has 1 aromatic carbocycles. The minimum Gasteiger partial charge on any atom is -0.299 e. The van der Waals surface area contributed by atoms with Gasteiger partial charge >= 0.3 is 0 Å². The summed E-state index contributed by atoms with van der Waals surface area (Å²) in [6.07, 6.45) is 2.44. The van der Waals surface area contributed by atoms with E-state index in [1.54, 1.807) is 6.07 Å². The van der Waals surface area contributed by atoms with Gasteiger partial charge in [-0.2, -0.15) is 5.26 Å². The number of nitrogens with zero attached hydrogens (tertiary/aromatic N) is 2. The number of halogens is 1. The first-order valence-electron chi connectivity index (χ1n) is 7.00. The van der Waals surface area contributed by atoms with Crippen LogP contribution in [0.1, 0.15) is 37.8 Å². The molecule has 1 aromatic rings. The summed E-state index contributed by atoms with van der Waals surface area (Å²) in [5.41, 5.74) is 1.31. The molecule has 0 radical (unpaired) electrons. The number of nitriles is 1. The van der Waals surface area contributed by atoms with E-state index in [4.69, 9.17) is 5.26 Å². The Labute approximate surface area is 114 Å². The van der Waals surface area contributed by atoms with Gasteiger partial charge in [0.25, 0.3) is 0 Å². The second kappa shape index (κ2) is 6.16. The van der Waals surface area contributed by atoms with Crippen LogP contribution in [0.25, 0.3) is 0 Å². The van der Waals surface area contributed by atoms with E-state index in [2.05, 4.69) is 18.7 Å². The molecule has 19 heavy (non-hydrogen) atoms. The Morgan fingerprint density at radius 1 is 1.32 bits per heavy atom. The third-order valence-corrected chi connectivity index (χ3v) is 4.07. The van der Waals surface area contributed by atoms with E-state index >= 15 is 0 Å². The molecule has 1 aliphatic heterocycles. The molecule has 2 nitrogen and oxygen atoms in total. The molecule has 3 heteroatoms. The highest BCUT2D eigenvalue weighted by atomic mass is 19.1. The third-order valence-electron chi connectivity index (χ3n) is 4.07. The Bertz CT molecular complexity index is 468. The minimum absolute atomic E-state index is 0.314. The Hall–Kier alpha value is -1.40. The average Bonchev–Trinajstić information content (AvgIpc) is 2.38.